The predicted octanol–water partition coefficient (Wildman–Crippen LogP) is 1.13. The Morgan fingerprint density at radius 1 is 1.33 bits per heavy atom. The number of hydrogen-bond donors (Lipinski definition) is 4. The molecule has 8 nitrogen and oxygen atoms in total. The number of phenols is 1. The van der Waals surface area contributed by atoms with Crippen LogP contribution in [0.2, 0.25) is 0 Å². The number of phenolic OH excluding ortho intramolecular Hbond substituents is 1. The molecule has 1 amide bonds. The standard InChI is InChI=1S/C16H23NO7/c1-16(2,3)24-15(22)17-7-11(19)13(20)10-5-9(8-18)6-12(23-4)14(10)21/h5-6,8,11,13,19-21H,7H2,1-4H3,(H,17,22). The summed E-state index contributed by atoms with van der Waals surface area (Å²) in [6, 6.07) is 2.52. The number of aliphatic hydroxyl groups is 2. The summed E-state index contributed by atoms with van der Waals surface area (Å²) in [5.41, 5.74) is -0.627. The van der Waals surface area contributed by atoms with Crippen LogP contribution in [-0.4, -0.2) is 53.1 Å². The molecule has 2 unspecified atom stereocenters. The van der Waals surface area contributed by atoms with Crippen LogP contribution < -0.4 is 10.1 Å². The maximum atomic E-state index is 11.5. The Kier molecular flexibility index (Phi) is 6.56. The molecule has 0 aliphatic carbocycles. The van der Waals surface area contributed by atoms with Crippen molar-refractivity contribution in [1.29, 1.82) is 0 Å². The van der Waals surface area contributed by atoms with Gasteiger partial charge in [-0.3, -0.25) is 4.79 Å². The molecule has 0 heterocycles. The van der Waals surface area contributed by atoms with E-state index < -0.39 is 29.7 Å². The highest BCUT2D eigenvalue weighted by Crippen LogP contribution is 2.36. The van der Waals surface area contributed by atoms with Gasteiger partial charge in [-0.05, 0) is 32.9 Å². The van der Waals surface area contributed by atoms with Gasteiger partial charge in [0.25, 0.3) is 0 Å². The third kappa shape index (κ3) is 5.39. The minimum atomic E-state index is -1.55. The maximum absolute atomic E-state index is 11.5. The molecule has 24 heavy (non-hydrogen) atoms. The Hall–Kier alpha value is -2.32. The molecule has 0 radical (unpaired) electrons. The zero-order valence-corrected chi connectivity index (χ0v) is 14.1. The van der Waals surface area contributed by atoms with Crippen molar-refractivity contribution in [1.82, 2.24) is 5.32 Å². The van der Waals surface area contributed by atoms with Gasteiger partial charge in [-0.1, -0.05) is 0 Å². The molecule has 0 aliphatic rings. The van der Waals surface area contributed by atoms with Crippen LogP contribution in [0, 0.1) is 0 Å². The van der Waals surface area contributed by atoms with Crippen LogP contribution in [0.5, 0.6) is 11.5 Å². The van der Waals surface area contributed by atoms with Crippen LogP contribution in [0.4, 0.5) is 4.79 Å². The van der Waals surface area contributed by atoms with Gasteiger partial charge in [-0.25, -0.2) is 4.79 Å². The van der Waals surface area contributed by atoms with Crippen LogP contribution in [0.1, 0.15) is 42.8 Å². The largest absolute Gasteiger partial charge is 0.504 e. The summed E-state index contributed by atoms with van der Waals surface area (Å²) < 4.78 is 9.93. The van der Waals surface area contributed by atoms with Gasteiger partial charge in [-0.15, -0.1) is 0 Å². The number of carbonyl (C=O) groups is 2. The minimum absolute atomic E-state index is 0.0130. The Balaban J connectivity index is 2.84. The third-order valence-electron chi connectivity index (χ3n) is 3.02. The number of aldehydes is 1. The van der Waals surface area contributed by atoms with E-state index in [0.29, 0.717) is 6.29 Å². The Morgan fingerprint density at radius 2 is 1.96 bits per heavy atom. The lowest BCUT2D eigenvalue weighted by Crippen LogP contribution is -2.38. The number of rotatable bonds is 6. The monoisotopic (exact) mass is 341 g/mol. The van der Waals surface area contributed by atoms with Crippen LogP contribution in [-0.2, 0) is 4.74 Å². The van der Waals surface area contributed by atoms with Crippen LogP contribution in [0.3, 0.4) is 0 Å². The lowest BCUT2D eigenvalue weighted by molar-refractivity contribution is 0.0118. The van der Waals surface area contributed by atoms with E-state index in [0.717, 1.165) is 0 Å². The van der Waals surface area contributed by atoms with Gasteiger partial charge in [0.1, 0.15) is 24.1 Å². The molecular formula is C16H23NO7. The molecule has 1 aromatic rings. The first-order chi connectivity index (χ1) is 11.1. The van der Waals surface area contributed by atoms with E-state index in [1.165, 1.54) is 19.2 Å². The lowest BCUT2D eigenvalue weighted by Gasteiger charge is -2.23. The van der Waals surface area contributed by atoms with E-state index in [9.17, 15) is 24.9 Å². The SMILES string of the molecule is COc1cc(C=O)cc(C(O)C(O)CNC(=O)OC(C)(C)C)c1O. The quantitative estimate of drug-likeness (QED) is 0.572. The fourth-order valence-electron chi connectivity index (χ4n) is 1.92. The first kappa shape index (κ1) is 19.7. The second-order valence-corrected chi connectivity index (χ2v) is 6.17. The number of nitrogens with one attached hydrogen (secondary N) is 1. The molecule has 0 spiro atoms. The summed E-state index contributed by atoms with van der Waals surface area (Å²) in [6.07, 6.45) is -3.22. The van der Waals surface area contributed by atoms with Gasteiger partial charge in [0, 0.05) is 17.7 Å². The van der Waals surface area contributed by atoms with E-state index in [4.69, 9.17) is 9.47 Å². The van der Waals surface area contributed by atoms with Crippen molar-refractivity contribution < 1.29 is 34.4 Å². The van der Waals surface area contributed by atoms with E-state index >= 15 is 0 Å². The predicted molar refractivity (Wildman–Crippen MR) is 85.2 cm³/mol. The number of alkyl carbamates (subject to hydrolysis) is 1. The van der Waals surface area contributed by atoms with Crippen molar-refractivity contribution in [2.24, 2.45) is 0 Å². The number of amides is 1. The Morgan fingerprint density at radius 3 is 2.46 bits per heavy atom. The van der Waals surface area contributed by atoms with Crippen LogP contribution >= 0.6 is 0 Å². The molecule has 0 aromatic heterocycles. The van der Waals surface area contributed by atoms with Gasteiger partial charge in [0.15, 0.2) is 11.5 Å². The maximum Gasteiger partial charge on any atom is 0.407 e. The molecule has 1 rings (SSSR count). The molecule has 0 bridgehead atoms. The Labute approximate surface area is 140 Å². The average molecular weight is 341 g/mol. The highest BCUT2D eigenvalue weighted by atomic mass is 16.6. The summed E-state index contributed by atoms with van der Waals surface area (Å²) in [6.45, 7) is 4.75. The lowest BCUT2D eigenvalue weighted by atomic mass is 10.00. The highest BCUT2D eigenvalue weighted by molar-refractivity contribution is 5.77. The topological polar surface area (TPSA) is 125 Å². The smallest absolute Gasteiger partial charge is 0.407 e. The fourth-order valence-corrected chi connectivity index (χ4v) is 1.92. The summed E-state index contributed by atoms with van der Waals surface area (Å²) in [7, 11) is 1.29. The Bertz CT molecular complexity index is 595. The summed E-state index contributed by atoms with van der Waals surface area (Å²) >= 11 is 0. The second-order valence-electron chi connectivity index (χ2n) is 6.17. The van der Waals surface area contributed by atoms with Crippen molar-refractivity contribution in [2.75, 3.05) is 13.7 Å². The van der Waals surface area contributed by atoms with Gasteiger partial charge >= 0.3 is 6.09 Å². The molecule has 2 atom stereocenters. The number of methoxy groups -OCH3 is 1. The molecule has 4 N–H and O–H groups in total. The molecule has 1 aromatic carbocycles. The summed E-state index contributed by atoms with van der Waals surface area (Å²) in [5.74, 6) is -0.409. The van der Waals surface area contributed by atoms with Gasteiger partial charge in [-0.2, -0.15) is 0 Å². The zero-order valence-electron chi connectivity index (χ0n) is 14.1. The van der Waals surface area contributed by atoms with Crippen molar-refractivity contribution in [3.63, 3.8) is 0 Å². The van der Waals surface area contributed by atoms with Crippen molar-refractivity contribution in [2.45, 2.75) is 38.6 Å². The summed E-state index contributed by atoms with van der Waals surface area (Å²) in [5, 5.41) is 32.5. The third-order valence-corrected chi connectivity index (χ3v) is 3.02. The van der Waals surface area contributed by atoms with E-state index in [1.807, 2.05) is 0 Å². The van der Waals surface area contributed by atoms with Crippen molar-refractivity contribution in [3.05, 3.63) is 23.3 Å². The van der Waals surface area contributed by atoms with Crippen LogP contribution in [0.15, 0.2) is 12.1 Å². The molecule has 0 aliphatic heterocycles. The molecule has 134 valence electrons. The number of aromatic hydroxyl groups is 1. The van der Waals surface area contributed by atoms with Crippen molar-refractivity contribution >= 4 is 12.4 Å². The first-order valence-corrected chi connectivity index (χ1v) is 7.28. The zero-order chi connectivity index (χ0) is 18.5. The molecule has 8 heteroatoms. The van der Waals surface area contributed by atoms with E-state index in [2.05, 4.69) is 5.32 Å². The molecular weight excluding hydrogens is 318 g/mol. The molecule has 0 saturated carbocycles. The molecule has 0 fully saturated rings. The fraction of sp³-hybridized carbons (Fsp3) is 0.500. The number of carbonyl (C=O) groups excluding carboxylic acids is 2. The average Bonchev–Trinajstić information content (AvgIpc) is 2.50. The second kappa shape index (κ2) is 7.98. The first-order valence-electron chi connectivity index (χ1n) is 7.28. The van der Waals surface area contributed by atoms with E-state index in [-0.39, 0.29) is 23.4 Å². The molecule has 0 saturated heterocycles. The van der Waals surface area contributed by atoms with Crippen LogP contribution in [0.25, 0.3) is 0 Å². The summed E-state index contributed by atoms with van der Waals surface area (Å²) in [4.78, 5) is 22.5. The minimum Gasteiger partial charge on any atom is -0.504 e. The van der Waals surface area contributed by atoms with Gasteiger partial charge in [0.05, 0.1) is 7.11 Å². The van der Waals surface area contributed by atoms with Crippen molar-refractivity contribution in [3.8, 4) is 11.5 Å². The number of benzene rings is 1. The normalized spacial score (nSPS) is 13.8. The number of aliphatic hydroxyl groups excluding tert-OH is 2. The number of ether oxygens (including phenoxy) is 2. The van der Waals surface area contributed by atoms with Gasteiger partial charge < -0.3 is 30.1 Å². The highest BCUT2D eigenvalue weighted by Gasteiger charge is 2.25. The van der Waals surface area contributed by atoms with E-state index in [1.54, 1.807) is 20.8 Å². The van der Waals surface area contributed by atoms with Gasteiger partial charge in [0.2, 0.25) is 0 Å². The number of hydrogen-bond acceptors (Lipinski definition) is 7.